The van der Waals surface area contributed by atoms with E-state index in [9.17, 15) is 36.4 Å². The number of halogens is 8. The smallest absolute Gasteiger partial charge is 0.416 e. The van der Waals surface area contributed by atoms with E-state index in [1.54, 1.807) is 6.07 Å². The predicted octanol–water partition coefficient (Wildman–Crippen LogP) is 7.84. The summed E-state index contributed by atoms with van der Waals surface area (Å²) in [5, 5.41) is 11.7. The topological polar surface area (TPSA) is 66.0 Å². The van der Waals surface area contributed by atoms with E-state index in [0.717, 1.165) is 6.08 Å². The normalized spacial score (nSPS) is 12.4. The summed E-state index contributed by atoms with van der Waals surface area (Å²) in [5.41, 5.74) is -4.11. The minimum atomic E-state index is -5.09. The SMILES string of the molecule is N#C/C(=C\c1ccc(-c2ccc(Cl)c(Cl)c2)o1)C(=O)Nc1cc(C(F)(F)F)cc(C(F)(F)F)c1. The Morgan fingerprint density at radius 3 is 2.06 bits per heavy atom. The number of carbonyl (C=O) groups is 1. The second kappa shape index (κ2) is 9.44. The summed E-state index contributed by atoms with van der Waals surface area (Å²) in [7, 11) is 0. The van der Waals surface area contributed by atoms with Gasteiger partial charge in [0.05, 0.1) is 21.2 Å². The molecule has 0 bridgehead atoms. The van der Waals surface area contributed by atoms with Crippen LogP contribution in [0.1, 0.15) is 16.9 Å². The number of hydrogen-bond acceptors (Lipinski definition) is 3. The van der Waals surface area contributed by atoms with Crippen molar-refractivity contribution in [3.05, 3.63) is 81.0 Å². The highest BCUT2D eigenvalue weighted by molar-refractivity contribution is 6.42. The van der Waals surface area contributed by atoms with Crippen molar-refractivity contribution in [1.29, 1.82) is 5.26 Å². The zero-order valence-corrected chi connectivity index (χ0v) is 18.0. The molecule has 0 atom stereocenters. The highest BCUT2D eigenvalue weighted by atomic mass is 35.5. The minimum Gasteiger partial charge on any atom is -0.457 e. The number of carbonyl (C=O) groups excluding carboxylic acids is 1. The quantitative estimate of drug-likeness (QED) is 0.217. The first kappa shape index (κ1) is 25.2. The van der Waals surface area contributed by atoms with E-state index < -0.39 is 40.6 Å². The van der Waals surface area contributed by atoms with E-state index in [0.29, 0.717) is 28.5 Å². The fourth-order valence-electron chi connectivity index (χ4n) is 2.75. The molecule has 1 N–H and O–H groups in total. The van der Waals surface area contributed by atoms with Gasteiger partial charge in [0, 0.05) is 17.3 Å². The third-order valence-electron chi connectivity index (χ3n) is 4.33. The zero-order chi connectivity index (χ0) is 25.3. The van der Waals surface area contributed by atoms with Crippen molar-refractivity contribution in [3.63, 3.8) is 0 Å². The first-order valence-electron chi connectivity index (χ1n) is 9.06. The van der Waals surface area contributed by atoms with Crippen LogP contribution in [0.2, 0.25) is 10.0 Å². The standard InChI is InChI=1S/C22H10Cl2F6N2O2/c23-17-3-1-11(6-18(17)24)19-4-2-16(34-19)5-12(10-31)20(33)32-15-8-13(21(25,26)27)7-14(9-15)22(28,29)30/h1-9H,(H,32,33)/b12-5+. The van der Waals surface area contributed by atoms with Crippen LogP contribution >= 0.6 is 23.2 Å². The van der Waals surface area contributed by atoms with Crippen LogP contribution in [0, 0.1) is 11.3 Å². The molecule has 3 rings (SSSR count). The van der Waals surface area contributed by atoms with Gasteiger partial charge in [0.1, 0.15) is 23.2 Å². The molecule has 34 heavy (non-hydrogen) atoms. The van der Waals surface area contributed by atoms with Crippen molar-refractivity contribution in [2.75, 3.05) is 5.32 Å². The van der Waals surface area contributed by atoms with Gasteiger partial charge in [-0.3, -0.25) is 4.79 Å². The molecule has 0 radical (unpaired) electrons. The summed E-state index contributed by atoms with van der Waals surface area (Å²) in [6, 6.07) is 9.65. The van der Waals surface area contributed by atoms with Crippen molar-refractivity contribution < 1.29 is 35.6 Å². The number of benzene rings is 2. The molecule has 176 valence electrons. The molecule has 0 saturated heterocycles. The molecule has 0 aliphatic carbocycles. The van der Waals surface area contributed by atoms with E-state index in [2.05, 4.69) is 0 Å². The summed E-state index contributed by atoms with van der Waals surface area (Å²) in [4.78, 5) is 12.4. The van der Waals surface area contributed by atoms with Crippen LogP contribution in [0.15, 0.2) is 58.5 Å². The lowest BCUT2D eigenvalue weighted by Gasteiger charge is -2.14. The highest BCUT2D eigenvalue weighted by Gasteiger charge is 2.37. The molecule has 2 aromatic carbocycles. The van der Waals surface area contributed by atoms with Crippen molar-refractivity contribution >= 4 is 40.9 Å². The molecule has 0 aliphatic rings. The molecule has 1 heterocycles. The maximum atomic E-state index is 13.0. The van der Waals surface area contributed by atoms with E-state index >= 15 is 0 Å². The number of nitrogens with zero attached hydrogens (tertiary/aromatic N) is 1. The molecular weight excluding hydrogens is 509 g/mol. The third kappa shape index (κ3) is 5.92. The van der Waals surface area contributed by atoms with Crippen LogP contribution in [0.3, 0.4) is 0 Å². The van der Waals surface area contributed by atoms with Gasteiger partial charge >= 0.3 is 12.4 Å². The van der Waals surface area contributed by atoms with Gasteiger partial charge in [-0.05, 0) is 48.5 Å². The number of nitrogens with one attached hydrogen (secondary N) is 1. The molecule has 12 heteroatoms. The fourth-order valence-corrected chi connectivity index (χ4v) is 3.05. The first-order chi connectivity index (χ1) is 15.8. The van der Waals surface area contributed by atoms with Crippen LogP contribution in [0.4, 0.5) is 32.0 Å². The van der Waals surface area contributed by atoms with Gasteiger partial charge in [-0.25, -0.2) is 0 Å². The first-order valence-corrected chi connectivity index (χ1v) is 9.81. The monoisotopic (exact) mass is 518 g/mol. The van der Waals surface area contributed by atoms with E-state index in [-0.39, 0.29) is 16.8 Å². The van der Waals surface area contributed by atoms with Gasteiger partial charge in [0.25, 0.3) is 5.91 Å². The lowest BCUT2D eigenvalue weighted by atomic mass is 10.1. The van der Waals surface area contributed by atoms with Gasteiger partial charge in [0.15, 0.2) is 0 Å². The van der Waals surface area contributed by atoms with Crippen LogP contribution < -0.4 is 5.32 Å². The number of anilines is 1. The van der Waals surface area contributed by atoms with Gasteiger partial charge < -0.3 is 9.73 Å². The molecule has 1 aromatic heterocycles. The number of rotatable bonds is 4. The van der Waals surface area contributed by atoms with Crippen molar-refractivity contribution in [3.8, 4) is 17.4 Å². The maximum absolute atomic E-state index is 13.0. The molecule has 0 aliphatic heterocycles. The number of alkyl halides is 6. The summed E-state index contributed by atoms with van der Waals surface area (Å²) in [6.07, 6.45) is -9.21. The Balaban J connectivity index is 1.89. The second-order valence-corrected chi connectivity index (χ2v) is 7.56. The molecule has 3 aromatic rings. The summed E-state index contributed by atoms with van der Waals surface area (Å²) in [6.45, 7) is 0. The Labute approximate surface area is 198 Å². The Kier molecular flexibility index (Phi) is 7.00. The minimum absolute atomic E-state index is 0.0211. The lowest BCUT2D eigenvalue weighted by Crippen LogP contribution is -2.16. The second-order valence-electron chi connectivity index (χ2n) is 6.75. The Morgan fingerprint density at radius 1 is 0.912 bits per heavy atom. The molecule has 0 saturated carbocycles. The van der Waals surface area contributed by atoms with Gasteiger partial charge in [-0.1, -0.05) is 23.2 Å². The molecular formula is C22H10Cl2F6N2O2. The summed E-state index contributed by atoms with van der Waals surface area (Å²) in [5.74, 6) is -0.912. The number of hydrogen-bond donors (Lipinski definition) is 1. The van der Waals surface area contributed by atoms with E-state index in [1.165, 1.54) is 30.3 Å². The summed E-state index contributed by atoms with van der Waals surface area (Å²) >= 11 is 11.8. The predicted molar refractivity (Wildman–Crippen MR) is 113 cm³/mol. The van der Waals surface area contributed by atoms with Crippen LogP contribution in [-0.2, 0) is 17.1 Å². The molecule has 4 nitrogen and oxygen atoms in total. The Hall–Kier alpha value is -3.42. The van der Waals surface area contributed by atoms with Crippen molar-refractivity contribution in [2.45, 2.75) is 12.4 Å². The third-order valence-corrected chi connectivity index (χ3v) is 5.07. The maximum Gasteiger partial charge on any atom is 0.416 e. The van der Waals surface area contributed by atoms with Gasteiger partial charge in [-0.2, -0.15) is 31.6 Å². The van der Waals surface area contributed by atoms with Crippen molar-refractivity contribution in [2.24, 2.45) is 0 Å². The Morgan fingerprint density at radius 2 is 1.53 bits per heavy atom. The molecule has 0 spiro atoms. The average molecular weight is 519 g/mol. The van der Waals surface area contributed by atoms with E-state index in [4.69, 9.17) is 27.6 Å². The van der Waals surface area contributed by atoms with Crippen LogP contribution in [0.5, 0.6) is 0 Å². The highest BCUT2D eigenvalue weighted by Crippen LogP contribution is 2.37. The van der Waals surface area contributed by atoms with Crippen LogP contribution in [0.25, 0.3) is 17.4 Å². The van der Waals surface area contributed by atoms with Gasteiger partial charge in [0.2, 0.25) is 0 Å². The number of amides is 1. The molecule has 0 unspecified atom stereocenters. The largest absolute Gasteiger partial charge is 0.457 e. The van der Waals surface area contributed by atoms with Crippen molar-refractivity contribution in [1.82, 2.24) is 0 Å². The summed E-state index contributed by atoms with van der Waals surface area (Å²) < 4.78 is 83.5. The van der Waals surface area contributed by atoms with E-state index in [1.807, 2.05) is 5.32 Å². The Bertz CT molecular complexity index is 1290. The molecule has 0 fully saturated rings. The average Bonchev–Trinajstić information content (AvgIpc) is 3.21. The number of furan rings is 1. The zero-order valence-electron chi connectivity index (χ0n) is 16.5. The fraction of sp³-hybridized carbons (Fsp3) is 0.0909. The van der Waals surface area contributed by atoms with Gasteiger partial charge in [-0.15, -0.1) is 0 Å². The van der Waals surface area contributed by atoms with Crippen LogP contribution in [-0.4, -0.2) is 5.91 Å². The number of nitriles is 1. The lowest BCUT2D eigenvalue weighted by molar-refractivity contribution is -0.143. The molecule has 1 amide bonds.